The third-order valence-corrected chi connectivity index (χ3v) is 19.1. The average Bonchev–Trinajstić information content (AvgIpc) is 2.38. The van der Waals surface area contributed by atoms with Gasteiger partial charge in [0, 0.05) is 49.7 Å². The molecule has 25 nitrogen and oxygen atoms in total. The first kappa shape index (κ1) is 61.2. The van der Waals surface area contributed by atoms with Crippen LogP contribution in [0, 0.1) is 12.8 Å². The van der Waals surface area contributed by atoms with Crippen molar-refractivity contribution < 1.29 is 59.1 Å². The van der Waals surface area contributed by atoms with Crippen molar-refractivity contribution >= 4 is 109 Å². The van der Waals surface area contributed by atoms with Crippen LogP contribution in [0.1, 0.15) is 111 Å². The minimum Gasteiger partial charge on any atom is -0.508 e. The van der Waals surface area contributed by atoms with Crippen LogP contribution in [0.5, 0.6) is 5.75 Å². The summed E-state index contributed by atoms with van der Waals surface area (Å²) in [5, 5.41) is 75.3. The number of aryl methyl sites for hydroxylation is 1. The minimum absolute atomic E-state index is 0.0443. The van der Waals surface area contributed by atoms with E-state index in [2.05, 4.69) is 48.1 Å². The number of hydrogen-bond donors (Lipinski definition) is 11. The van der Waals surface area contributed by atoms with Gasteiger partial charge in [0.1, 0.15) is 99.5 Å². The zero-order valence-electron chi connectivity index (χ0n) is 45.4. The molecule has 0 spiro atoms. The van der Waals surface area contributed by atoms with Gasteiger partial charge in [0.2, 0.25) is 11.8 Å². The molecule has 1 aliphatic heterocycles. The van der Waals surface area contributed by atoms with Gasteiger partial charge in [0.25, 0.3) is 23.6 Å². The maximum atomic E-state index is 14.8. The number of aliphatic hydroxyl groups excluding tert-OH is 3. The molecule has 446 valence electrons. The van der Waals surface area contributed by atoms with Crippen LogP contribution < -0.4 is 32.3 Å². The maximum Gasteiger partial charge on any atom is 0.351 e. The number of pyridine rings is 1. The van der Waals surface area contributed by atoms with E-state index in [1.54, 1.807) is 79.2 Å². The largest absolute Gasteiger partial charge is 0.508 e. The van der Waals surface area contributed by atoms with Gasteiger partial charge in [0.15, 0.2) is 0 Å². The first-order valence-electron chi connectivity index (χ1n) is 26.0. The number of aliphatic carboxylic acids is 1. The number of carboxylic acid groups (broad SMARTS) is 1. The topological polar surface area (TPSA) is 397 Å². The fraction of sp³-hybridized carbons (Fsp3) is 0.214. The Morgan fingerprint density at radius 2 is 1.28 bits per heavy atom. The highest BCUT2D eigenvalue weighted by molar-refractivity contribution is 7.15. The molecule has 7 atom stereocenters. The lowest BCUT2D eigenvalue weighted by Gasteiger charge is -2.28. The molecule has 0 fully saturated rings. The first-order chi connectivity index (χ1) is 41.7. The van der Waals surface area contributed by atoms with E-state index in [4.69, 9.17) is 25.7 Å². The van der Waals surface area contributed by atoms with Crippen LogP contribution in [-0.4, -0.2) is 121 Å². The lowest BCUT2D eigenvalue weighted by atomic mass is 9.95. The number of rotatable bonds is 13. The molecule has 8 heterocycles. The average molecular weight is 1290 g/mol. The standard InChI is InChI=1S/C56H49N13O12S6/c1-23(38(72)17-70)40-54-66-37(22-86-54)52-62-33(18-83-52)42-29(13-14-30(59-42)51-64-34(20-84-51)46(76)58-24(2)56(80)81)50-63-35(19-82-50)48(78)61-32(16-39(57)73)53-69-41(25(3)87-53)49(79)68-43(44(74)27-7-5-4-6-8-27)55-65-36(21-85-55)47(77)60-31(45(75)67-40)15-26-9-11-28(71)12-10-26/h4-14,18-23,31-32,38,40,43-44,70-72,74H,2,15-17H2,1,3H3,(H2,57,73)(H,58,76)(H,60,77)(H,61,78)(H,67,75)(H,68,79)(H,80,81). The summed E-state index contributed by atoms with van der Waals surface area (Å²) in [5.41, 5.74) is 7.13. The molecule has 2 aromatic carbocycles. The molecule has 1 aliphatic rings. The van der Waals surface area contributed by atoms with E-state index in [9.17, 15) is 59.1 Å². The highest BCUT2D eigenvalue weighted by Crippen LogP contribution is 2.40. The molecule has 9 aromatic rings. The van der Waals surface area contributed by atoms with Crippen molar-refractivity contribution in [1.82, 2.24) is 61.5 Å². The molecular weight excluding hydrogens is 1240 g/mol. The van der Waals surface area contributed by atoms with Crippen molar-refractivity contribution in [2.75, 3.05) is 6.61 Å². The van der Waals surface area contributed by atoms with E-state index >= 15 is 0 Å². The van der Waals surface area contributed by atoms with Crippen LogP contribution in [-0.2, 0) is 20.8 Å². The second-order valence-electron chi connectivity index (χ2n) is 19.5. The Morgan fingerprint density at radius 1 is 0.655 bits per heavy atom. The van der Waals surface area contributed by atoms with E-state index in [0.717, 1.165) is 56.7 Å². The van der Waals surface area contributed by atoms with Gasteiger partial charge in [0.05, 0.1) is 36.9 Å². The number of phenolic OH excluding ortho intramolecular Hbond substituents is 1. The van der Waals surface area contributed by atoms with E-state index in [0.29, 0.717) is 43.0 Å². The predicted octanol–water partition coefficient (Wildman–Crippen LogP) is 5.88. The van der Waals surface area contributed by atoms with Gasteiger partial charge in [-0.15, -0.1) is 68.0 Å². The molecule has 6 amide bonds. The smallest absolute Gasteiger partial charge is 0.351 e. The van der Waals surface area contributed by atoms with Gasteiger partial charge in [-0.3, -0.25) is 28.8 Å². The number of carbonyl (C=O) groups is 7. The van der Waals surface area contributed by atoms with Crippen molar-refractivity contribution in [2.45, 2.75) is 63.1 Å². The summed E-state index contributed by atoms with van der Waals surface area (Å²) in [4.78, 5) is 128. The van der Waals surface area contributed by atoms with Crippen LogP contribution in [0.15, 0.2) is 106 Å². The summed E-state index contributed by atoms with van der Waals surface area (Å²) in [6, 6.07) is 12.8. The fourth-order valence-electron chi connectivity index (χ4n) is 8.87. The predicted molar refractivity (Wildman–Crippen MR) is 324 cm³/mol. The second-order valence-corrected chi connectivity index (χ2v) is 25.1. The molecule has 0 radical (unpaired) electrons. The van der Waals surface area contributed by atoms with Crippen LogP contribution in [0.25, 0.3) is 43.4 Å². The minimum atomic E-state index is -1.44. The number of amides is 6. The summed E-state index contributed by atoms with van der Waals surface area (Å²) < 4.78 is 0. The number of nitrogens with one attached hydrogen (secondary N) is 5. The monoisotopic (exact) mass is 1290 g/mol. The van der Waals surface area contributed by atoms with Crippen LogP contribution in [0.4, 0.5) is 0 Å². The van der Waals surface area contributed by atoms with Crippen molar-refractivity contribution in [3.63, 3.8) is 0 Å². The Kier molecular flexibility index (Phi) is 18.5. The van der Waals surface area contributed by atoms with Crippen molar-refractivity contribution in [3.8, 4) is 49.1 Å². The van der Waals surface area contributed by atoms with E-state index in [1.165, 1.54) is 39.6 Å². The summed E-state index contributed by atoms with van der Waals surface area (Å²) in [5.74, 6) is -7.05. The lowest BCUT2D eigenvalue weighted by Crippen LogP contribution is -2.50. The number of nitrogens with zero attached hydrogens (tertiary/aromatic N) is 7. The van der Waals surface area contributed by atoms with Gasteiger partial charge in [-0.05, 0) is 42.3 Å². The normalized spacial score (nSPS) is 17.6. The number of thiazole rings is 6. The van der Waals surface area contributed by atoms with Crippen LogP contribution >= 0.6 is 68.0 Å². The molecule has 7 unspecified atom stereocenters. The number of phenols is 1. The Labute approximate surface area is 516 Å². The Morgan fingerprint density at radius 3 is 1.99 bits per heavy atom. The highest BCUT2D eigenvalue weighted by Gasteiger charge is 2.36. The third-order valence-electron chi connectivity index (χ3n) is 13.5. The summed E-state index contributed by atoms with van der Waals surface area (Å²) in [7, 11) is 0. The van der Waals surface area contributed by atoms with Crippen LogP contribution in [0.3, 0.4) is 0 Å². The zero-order valence-corrected chi connectivity index (χ0v) is 50.3. The van der Waals surface area contributed by atoms with Gasteiger partial charge in [-0.1, -0.05) is 56.0 Å². The number of carboxylic acids is 1. The number of primary amides is 1. The number of aromatic nitrogens is 7. The van der Waals surface area contributed by atoms with Gasteiger partial charge >= 0.3 is 5.97 Å². The van der Waals surface area contributed by atoms with Crippen molar-refractivity contribution in [2.24, 2.45) is 11.7 Å². The molecule has 31 heteroatoms. The molecule has 10 bridgehead atoms. The fourth-order valence-corrected chi connectivity index (χ4v) is 14.1. The molecule has 7 aromatic heterocycles. The summed E-state index contributed by atoms with van der Waals surface area (Å²) >= 11 is 6.39. The highest BCUT2D eigenvalue weighted by atomic mass is 32.1. The Balaban J connectivity index is 1.08. The number of nitrogens with two attached hydrogens (primary N) is 1. The zero-order chi connectivity index (χ0) is 61.8. The summed E-state index contributed by atoms with van der Waals surface area (Å²) in [6.45, 7) is 5.87. The SMILES string of the molecule is C=C(NC(=O)c1csc(-c2ccc3c(n2)-c2csc(n2)-c2csc(n2)C(C(C)C(O)CO)NC(=O)C(Cc2ccc(O)cc2)NC(=O)c2csc(n2)C(C(O)c2ccccc2)NC(=O)c2nc(sc2C)C(CC(N)=O)NC(=O)c2csc-3n2)n1)C(=O)O. The molecule has 0 saturated carbocycles. The molecular formula is C56H49N13O12S6. The summed E-state index contributed by atoms with van der Waals surface area (Å²) in [6.07, 6.45) is -3.37. The van der Waals surface area contributed by atoms with Gasteiger partial charge in [-0.25, -0.2) is 39.7 Å². The molecule has 10 rings (SSSR count). The van der Waals surface area contributed by atoms with Gasteiger partial charge in [-0.2, -0.15) is 0 Å². The van der Waals surface area contributed by atoms with Crippen molar-refractivity contribution in [1.29, 1.82) is 0 Å². The Bertz CT molecular complexity index is 4100. The van der Waals surface area contributed by atoms with Crippen LogP contribution in [0.2, 0.25) is 0 Å². The van der Waals surface area contributed by atoms with Crippen molar-refractivity contribution in [3.05, 3.63) is 160 Å². The molecule has 0 saturated heterocycles. The second kappa shape index (κ2) is 26.4. The lowest BCUT2D eigenvalue weighted by molar-refractivity contribution is -0.133. The van der Waals surface area contributed by atoms with E-state index < -0.39 is 102 Å². The maximum absolute atomic E-state index is 14.8. The van der Waals surface area contributed by atoms with E-state index in [-0.39, 0.29) is 66.4 Å². The molecule has 87 heavy (non-hydrogen) atoms. The quantitative estimate of drug-likeness (QED) is 0.0600. The van der Waals surface area contributed by atoms with Gasteiger partial charge < -0.3 is 57.9 Å². The molecule has 0 aliphatic carbocycles. The number of aliphatic hydroxyl groups is 3. The number of fused-ring (bicyclic) bond motifs is 14. The number of hydrogen-bond acceptors (Lipinski definition) is 24. The first-order valence-corrected chi connectivity index (χ1v) is 31.2. The molecule has 12 N–H and O–H groups in total. The number of carbonyl (C=O) groups excluding carboxylic acids is 6. The number of benzene rings is 2. The number of aromatic hydroxyl groups is 1. The van der Waals surface area contributed by atoms with E-state index in [1.807, 2.05) is 0 Å². The Hall–Kier alpha value is -8.92. The third kappa shape index (κ3) is 13.9.